The van der Waals surface area contributed by atoms with Gasteiger partial charge in [-0.25, -0.2) is 0 Å². The van der Waals surface area contributed by atoms with Crippen molar-refractivity contribution in [2.24, 2.45) is 5.73 Å². The zero-order valence-corrected chi connectivity index (χ0v) is 8.72. The molecule has 0 aromatic heterocycles. The molecule has 7 N–H and O–H groups in total. The van der Waals surface area contributed by atoms with Crippen LogP contribution in [0.4, 0.5) is 0 Å². The van der Waals surface area contributed by atoms with E-state index in [1.54, 1.807) is 0 Å². The maximum atomic E-state index is 9.90. The highest BCUT2D eigenvalue weighted by Crippen LogP contribution is 2.02. The second-order valence-electron chi connectivity index (χ2n) is 2.97. The van der Waals surface area contributed by atoms with Crippen molar-refractivity contribution in [3.05, 3.63) is 0 Å². The summed E-state index contributed by atoms with van der Waals surface area (Å²) in [6.07, 6.45) is -6.84. The second kappa shape index (κ2) is 9.19. The summed E-state index contributed by atoms with van der Waals surface area (Å²) >= 11 is 0. The van der Waals surface area contributed by atoms with Crippen molar-refractivity contribution in [2.45, 2.75) is 31.3 Å². The van der Waals surface area contributed by atoms with Crippen molar-refractivity contribution < 1.29 is 35.1 Å². The maximum Gasteiger partial charge on any atom is 0.214 e. The molecule has 0 fully saturated rings. The Kier molecular flexibility index (Phi) is 9.96. The average Bonchev–Trinajstić information content (AvgIpc) is 2.24. The highest BCUT2D eigenvalue weighted by molar-refractivity contribution is 5.70. The lowest BCUT2D eigenvalue weighted by Gasteiger charge is -2.22. The van der Waals surface area contributed by atoms with E-state index in [2.05, 4.69) is 5.73 Å². The van der Waals surface area contributed by atoms with Gasteiger partial charge in [0.15, 0.2) is 6.29 Å². The molecule has 8 nitrogen and oxygen atoms in total. The number of amides is 1. The van der Waals surface area contributed by atoms with Crippen LogP contribution in [-0.2, 0) is 9.59 Å². The number of carbonyl (C=O) groups is 2. The Bertz CT molecular complexity index is 207. The van der Waals surface area contributed by atoms with Crippen LogP contribution in [0.25, 0.3) is 0 Å². The SMILES string of the molecule is CC(N)=O.O=CC(O)C(O)C(O)C(O)CO. The lowest BCUT2D eigenvalue weighted by Crippen LogP contribution is -2.46. The van der Waals surface area contributed by atoms with Gasteiger partial charge in [0.05, 0.1) is 6.61 Å². The monoisotopic (exact) mass is 239 g/mol. The number of hydrogen-bond acceptors (Lipinski definition) is 7. The van der Waals surface area contributed by atoms with Crippen molar-refractivity contribution in [3.63, 3.8) is 0 Å². The molecule has 0 spiro atoms. The van der Waals surface area contributed by atoms with Crippen LogP contribution in [0.15, 0.2) is 0 Å². The molecule has 0 radical (unpaired) electrons. The minimum absolute atomic E-state index is 0.0258. The third-order valence-electron chi connectivity index (χ3n) is 1.42. The van der Waals surface area contributed by atoms with E-state index in [0.29, 0.717) is 0 Å². The smallest absolute Gasteiger partial charge is 0.214 e. The van der Waals surface area contributed by atoms with Crippen LogP contribution in [0.3, 0.4) is 0 Å². The van der Waals surface area contributed by atoms with Gasteiger partial charge in [-0.05, 0) is 0 Å². The quantitative estimate of drug-likeness (QED) is 0.267. The second-order valence-corrected chi connectivity index (χ2v) is 2.97. The van der Waals surface area contributed by atoms with Gasteiger partial charge in [-0.1, -0.05) is 0 Å². The topological polar surface area (TPSA) is 161 Å². The van der Waals surface area contributed by atoms with Crippen LogP contribution < -0.4 is 5.73 Å². The molecule has 4 atom stereocenters. The molecule has 16 heavy (non-hydrogen) atoms. The molecule has 0 saturated heterocycles. The number of rotatable bonds is 5. The highest BCUT2D eigenvalue weighted by atomic mass is 16.4. The number of nitrogens with two attached hydrogens (primary N) is 1. The standard InChI is InChI=1S/C6H12O6.C2H5NO/c7-1-3(9)5(11)6(12)4(10)2-8;1-2(3)4/h1,3-6,8-12H,2H2;1H3,(H2,3,4). The summed E-state index contributed by atoms with van der Waals surface area (Å²) in [6, 6.07) is 0. The van der Waals surface area contributed by atoms with Crippen molar-refractivity contribution in [1.82, 2.24) is 0 Å². The molecule has 4 unspecified atom stereocenters. The van der Waals surface area contributed by atoms with E-state index < -0.39 is 31.0 Å². The predicted molar refractivity (Wildman–Crippen MR) is 52.0 cm³/mol. The fraction of sp³-hybridized carbons (Fsp3) is 0.750. The molecule has 8 heteroatoms. The molecule has 0 heterocycles. The molecule has 0 aliphatic heterocycles. The Hall–Kier alpha value is -1.06. The number of aliphatic hydroxyl groups excluding tert-OH is 5. The van der Waals surface area contributed by atoms with E-state index in [0.717, 1.165) is 0 Å². The summed E-state index contributed by atoms with van der Waals surface area (Å²) in [7, 11) is 0. The molecule has 96 valence electrons. The van der Waals surface area contributed by atoms with Crippen LogP contribution >= 0.6 is 0 Å². The number of aldehydes is 1. The minimum atomic E-state index is -1.79. The summed E-state index contributed by atoms with van der Waals surface area (Å²) in [5, 5.41) is 43.5. The Morgan fingerprint density at radius 2 is 1.62 bits per heavy atom. The fourth-order valence-corrected chi connectivity index (χ4v) is 0.618. The van der Waals surface area contributed by atoms with Gasteiger partial charge < -0.3 is 36.1 Å². The normalized spacial score (nSPS) is 17.4. The molecule has 0 aromatic carbocycles. The van der Waals surface area contributed by atoms with E-state index in [9.17, 15) is 9.59 Å². The van der Waals surface area contributed by atoms with Gasteiger partial charge in [0.2, 0.25) is 5.91 Å². The predicted octanol–water partition coefficient (Wildman–Crippen LogP) is -3.89. The summed E-state index contributed by atoms with van der Waals surface area (Å²) in [5.41, 5.74) is 4.47. The highest BCUT2D eigenvalue weighted by Gasteiger charge is 2.29. The Morgan fingerprint density at radius 3 is 1.88 bits per heavy atom. The number of carbonyl (C=O) groups excluding carboxylic acids is 2. The first-order chi connectivity index (χ1) is 7.27. The van der Waals surface area contributed by atoms with E-state index in [1.807, 2.05) is 0 Å². The van der Waals surface area contributed by atoms with Gasteiger partial charge >= 0.3 is 0 Å². The zero-order chi connectivity index (χ0) is 13.3. The average molecular weight is 239 g/mol. The summed E-state index contributed by atoms with van der Waals surface area (Å²) < 4.78 is 0. The maximum absolute atomic E-state index is 9.90. The molecule has 0 aliphatic carbocycles. The van der Waals surface area contributed by atoms with E-state index >= 15 is 0 Å². The third-order valence-corrected chi connectivity index (χ3v) is 1.42. The van der Waals surface area contributed by atoms with Crippen LogP contribution in [-0.4, -0.2) is 68.7 Å². The molecular formula is C8H17NO7. The lowest BCUT2D eigenvalue weighted by atomic mass is 10.0. The minimum Gasteiger partial charge on any atom is -0.394 e. The van der Waals surface area contributed by atoms with Crippen LogP contribution in [0.5, 0.6) is 0 Å². The fourth-order valence-electron chi connectivity index (χ4n) is 0.618. The van der Waals surface area contributed by atoms with Crippen LogP contribution in [0.1, 0.15) is 6.92 Å². The van der Waals surface area contributed by atoms with Crippen molar-refractivity contribution in [2.75, 3.05) is 6.61 Å². The lowest BCUT2D eigenvalue weighted by molar-refractivity contribution is -0.136. The van der Waals surface area contributed by atoms with E-state index in [1.165, 1.54) is 6.92 Å². The molecule has 0 aromatic rings. The van der Waals surface area contributed by atoms with E-state index in [4.69, 9.17) is 25.5 Å². The first kappa shape index (κ1) is 17.3. The molecule has 0 rings (SSSR count). The first-order valence-corrected chi connectivity index (χ1v) is 4.32. The largest absolute Gasteiger partial charge is 0.394 e. The van der Waals surface area contributed by atoms with Crippen LogP contribution in [0.2, 0.25) is 0 Å². The third kappa shape index (κ3) is 8.26. The first-order valence-electron chi connectivity index (χ1n) is 4.32. The molecule has 0 bridgehead atoms. The number of hydrogen-bond donors (Lipinski definition) is 6. The number of primary amides is 1. The zero-order valence-electron chi connectivity index (χ0n) is 8.72. The van der Waals surface area contributed by atoms with Crippen molar-refractivity contribution >= 4 is 12.2 Å². The Morgan fingerprint density at radius 1 is 1.25 bits per heavy atom. The van der Waals surface area contributed by atoms with Gasteiger partial charge in [-0.15, -0.1) is 0 Å². The van der Waals surface area contributed by atoms with Crippen LogP contribution in [0, 0.1) is 0 Å². The molecular weight excluding hydrogens is 222 g/mol. The van der Waals surface area contributed by atoms with Gasteiger partial charge in [0.1, 0.15) is 24.4 Å². The van der Waals surface area contributed by atoms with Gasteiger partial charge in [0, 0.05) is 6.92 Å². The van der Waals surface area contributed by atoms with Gasteiger partial charge in [-0.3, -0.25) is 4.79 Å². The summed E-state index contributed by atoms with van der Waals surface area (Å²) in [4.78, 5) is 19.1. The summed E-state index contributed by atoms with van der Waals surface area (Å²) in [6.45, 7) is 0.545. The summed E-state index contributed by atoms with van der Waals surface area (Å²) in [5.74, 6) is -0.333. The van der Waals surface area contributed by atoms with Gasteiger partial charge in [0.25, 0.3) is 0 Å². The Balaban J connectivity index is 0. The van der Waals surface area contributed by atoms with Crippen molar-refractivity contribution in [3.8, 4) is 0 Å². The molecule has 0 aliphatic rings. The Labute approximate surface area is 91.9 Å². The van der Waals surface area contributed by atoms with Crippen molar-refractivity contribution in [1.29, 1.82) is 0 Å². The van der Waals surface area contributed by atoms with Gasteiger partial charge in [-0.2, -0.15) is 0 Å². The molecule has 0 saturated carbocycles. The van der Waals surface area contributed by atoms with E-state index in [-0.39, 0.29) is 12.2 Å². The molecule has 1 amide bonds. The number of aliphatic hydroxyl groups is 5.